The zero-order valence-corrected chi connectivity index (χ0v) is 14.4. The van der Waals surface area contributed by atoms with Crippen molar-refractivity contribution in [2.24, 2.45) is 0 Å². The van der Waals surface area contributed by atoms with E-state index in [9.17, 15) is 0 Å². The zero-order chi connectivity index (χ0) is 15.3. The summed E-state index contributed by atoms with van der Waals surface area (Å²) in [5.74, 6) is 0.813. The normalized spacial score (nSPS) is 14.3. The van der Waals surface area contributed by atoms with Crippen LogP contribution in [0.5, 0.6) is 0 Å². The van der Waals surface area contributed by atoms with E-state index in [1.165, 1.54) is 35.0 Å². The Morgan fingerprint density at radius 1 is 1.00 bits per heavy atom. The summed E-state index contributed by atoms with van der Waals surface area (Å²) in [6.07, 6.45) is 4.78. The molecule has 0 unspecified atom stereocenters. The Morgan fingerprint density at radius 2 is 1.73 bits per heavy atom. The number of hydrogen-bond acceptors (Lipinski definition) is 2. The van der Waals surface area contributed by atoms with E-state index in [-0.39, 0.29) is 0 Å². The van der Waals surface area contributed by atoms with Crippen LogP contribution in [0.1, 0.15) is 35.5 Å². The van der Waals surface area contributed by atoms with Crippen molar-refractivity contribution in [2.75, 3.05) is 0 Å². The Morgan fingerprint density at radius 3 is 2.50 bits per heavy atom. The van der Waals surface area contributed by atoms with Gasteiger partial charge in [0, 0.05) is 26.9 Å². The average molecular weight is 356 g/mol. The van der Waals surface area contributed by atoms with E-state index in [2.05, 4.69) is 38.7 Å². The number of nitrogens with zero attached hydrogens (tertiary/aromatic N) is 3. The number of hydrogen-bond donors (Lipinski definition) is 0. The summed E-state index contributed by atoms with van der Waals surface area (Å²) >= 11 is 3.61. The standard InChI is InChI=1S/C18H18BrN3/c1-11-9-12(2)21-18(20-11)22-16-6-4-3-5-14(16)15-10-13(19)7-8-17(15)22/h7-10H,3-6H2,1-2H3. The Hall–Kier alpha value is -1.68. The van der Waals surface area contributed by atoms with E-state index in [0.717, 1.165) is 34.7 Å². The Kier molecular flexibility index (Phi) is 3.30. The average Bonchev–Trinajstić information content (AvgIpc) is 2.80. The smallest absolute Gasteiger partial charge is 0.234 e. The van der Waals surface area contributed by atoms with Gasteiger partial charge in [-0.15, -0.1) is 0 Å². The monoisotopic (exact) mass is 355 g/mol. The number of halogens is 1. The Labute approximate surface area is 138 Å². The minimum atomic E-state index is 0.813. The highest BCUT2D eigenvalue weighted by atomic mass is 79.9. The van der Waals surface area contributed by atoms with Crippen molar-refractivity contribution in [2.45, 2.75) is 39.5 Å². The van der Waals surface area contributed by atoms with E-state index in [1.54, 1.807) is 0 Å². The molecule has 4 rings (SSSR count). The van der Waals surface area contributed by atoms with Crippen molar-refractivity contribution in [3.05, 3.63) is 51.4 Å². The molecule has 0 aliphatic heterocycles. The molecule has 2 aromatic heterocycles. The van der Waals surface area contributed by atoms with Gasteiger partial charge in [-0.3, -0.25) is 4.57 Å². The van der Waals surface area contributed by atoms with Crippen molar-refractivity contribution >= 4 is 26.8 Å². The van der Waals surface area contributed by atoms with Gasteiger partial charge < -0.3 is 0 Å². The lowest BCUT2D eigenvalue weighted by molar-refractivity contribution is 0.661. The van der Waals surface area contributed by atoms with Gasteiger partial charge in [0.05, 0.1) is 5.52 Å². The highest BCUT2D eigenvalue weighted by Gasteiger charge is 2.22. The van der Waals surface area contributed by atoms with Crippen LogP contribution in [-0.4, -0.2) is 14.5 Å². The van der Waals surface area contributed by atoms with E-state index in [4.69, 9.17) is 9.97 Å². The van der Waals surface area contributed by atoms with Crippen LogP contribution in [0.25, 0.3) is 16.9 Å². The van der Waals surface area contributed by atoms with Crippen LogP contribution in [0.2, 0.25) is 0 Å². The zero-order valence-electron chi connectivity index (χ0n) is 12.9. The van der Waals surface area contributed by atoms with Gasteiger partial charge in [-0.25, -0.2) is 9.97 Å². The van der Waals surface area contributed by atoms with E-state index in [1.807, 2.05) is 19.9 Å². The molecule has 0 atom stereocenters. The van der Waals surface area contributed by atoms with Gasteiger partial charge in [0.15, 0.2) is 0 Å². The van der Waals surface area contributed by atoms with E-state index < -0.39 is 0 Å². The molecule has 3 aromatic rings. The molecule has 1 aliphatic carbocycles. The second kappa shape index (κ2) is 5.20. The van der Waals surface area contributed by atoms with Crippen molar-refractivity contribution in [1.29, 1.82) is 0 Å². The fourth-order valence-electron chi connectivity index (χ4n) is 3.55. The summed E-state index contributed by atoms with van der Waals surface area (Å²) in [5.41, 5.74) is 6.13. The molecule has 22 heavy (non-hydrogen) atoms. The number of benzene rings is 1. The molecular formula is C18H18BrN3. The number of aromatic nitrogens is 3. The highest BCUT2D eigenvalue weighted by Crippen LogP contribution is 2.35. The third kappa shape index (κ3) is 2.17. The molecule has 0 N–H and O–H groups in total. The molecule has 1 aromatic carbocycles. The summed E-state index contributed by atoms with van der Waals surface area (Å²) in [4.78, 5) is 9.39. The lowest BCUT2D eigenvalue weighted by atomic mass is 9.96. The summed E-state index contributed by atoms with van der Waals surface area (Å²) in [6, 6.07) is 8.54. The van der Waals surface area contributed by atoms with Crippen LogP contribution in [0.3, 0.4) is 0 Å². The summed E-state index contributed by atoms with van der Waals surface area (Å²) < 4.78 is 3.41. The molecule has 0 spiro atoms. The largest absolute Gasteiger partial charge is 0.282 e. The van der Waals surface area contributed by atoms with Gasteiger partial charge in [0.1, 0.15) is 0 Å². The molecule has 0 fully saturated rings. The first-order valence-corrected chi connectivity index (χ1v) is 8.57. The molecule has 3 nitrogen and oxygen atoms in total. The summed E-state index contributed by atoms with van der Waals surface area (Å²) in [5, 5.41) is 1.34. The first-order valence-electron chi connectivity index (χ1n) is 7.78. The van der Waals surface area contributed by atoms with Gasteiger partial charge in [0.2, 0.25) is 5.95 Å². The van der Waals surface area contributed by atoms with Gasteiger partial charge in [-0.1, -0.05) is 15.9 Å². The lowest BCUT2D eigenvalue weighted by Crippen LogP contribution is -2.10. The molecular weight excluding hydrogens is 338 g/mol. The van der Waals surface area contributed by atoms with Gasteiger partial charge in [-0.05, 0) is 69.4 Å². The third-order valence-electron chi connectivity index (χ3n) is 4.40. The summed E-state index contributed by atoms with van der Waals surface area (Å²) in [6.45, 7) is 4.07. The predicted octanol–water partition coefficient (Wildman–Crippen LogP) is 4.68. The predicted molar refractivity (Wildman–Crippen MR) is 92.7 cm³/mol. The van der Waals surface area contributed by atoms with Crippen LogP contribution in [0.15, 0.2) is 28.7 Å². The SMILES string of the molecule is Cc1cc(C)nc(-n2c3c(c4cc(Br)ccc42)CCCC3)n1. The second-order valence-electron chi connectivity index (χ2n) is 6.08. The third-order valence-corrected chi connectivity index (χ3v) is 4.90. The molecule has 0 saturated heterocycles. The number of aryl methyl sites for hydroxylation is 3. The fourth-order valence-corrected chi connectivity index (χ4v) is 3.91. The minimum absolute atomic E-state index is 0.813. The first-order chi connectivity index (χ1) is 10.6. The number of rotatable bonds is 1. The quantitative estimate of drug-likeness (QED) is 0.634. The second-order valence-corrected chi connectivity index (χ2v) is 7.00. The summed E-state index contributed by atoms with van der Waals surface area (Å²) in [7, 11) is 0. The molecule has 0 amide bonds. The molecule has 2 heterocycles. The van der Waals surface area contributed by atoms with Crippen LogP contribution < -0.4 is 0 Å². The van der Waals surface area contributed by atoms with Crippen LogP contribution in [0.4, 0.5) is 0 Å². The maximum atomic E-state index is 4.70. The molecule has 4 heteroatoms. The maximum Gasteiger partial charge on any atom is 0.234 e. The maximum absolute atomic E-state index is 4.70. The molecule has 0 saturated carbocycles. The van der Waals surface area contributed by atoms with Crippen molar-refractivity contribution < 1.29 is 0 Å². The Balaban J connectivity index is 2.08. The van der Waals surface area contributed by atoms with E-state index in [0.29, 0.717) is 0 Å². The van der Waals surface area contributed by atoms with Gasteiger partial charge in [-0.2, -0.15) is 0 Å². The lowest BCUT2D eigenvalue weighted by Gasteiger charge is -2.15. The Bertz CT molecular complexity index is 859. The van der Waals surface area contributed by atoms with Gasteiger partial charge >= 0.3 is 0 Å². The number of fused-ring (bicyclic) bond motifs is 3. The van der Waals surface area contributed by atoms with Crippen molar-refractivity contribution in [3.8, 4) is 5.95 Å². The highest BCUT2D eigenvalue weighted by molar-refractivity contribution is 9.10. The van der Waals surface area contributed by atoms with Crippen LogP contribution >= 0.6 is 15.9 Å². The minimum Gasteiger partial charge on any atom is -0.282 e. The molecule has 0 radical (unpaired) electrons. The van der Waals surface area contributed by atoms with Gasteiger partial charge in [0.25, 0.3) is 0 Å². The topological polar surface area (TPSA) is 30.7 Å². The fraction of sp³-hybridized carbons (Fsp3) is 0.333. The van der Waals surface area contributed by atoms with Crippen LogP contribution in [0, 0.1) is 13.8 Å². The molecule has 112 valence electrons. The van der Waals surface area contributed by atoms with Crippen LogP contribution in [-0.2, 0) is 12.8 Å². The van der Waals surface area contributed by atoms with Crippen molar-refractivity contribution in [3.63, 3.8) is 0 Å². The van der Waals surface area contributed by atoms with E-state index >= 15 is 0 Å². The van der Waals surface area contributed by atoms with Crippen molar-refractivity contribution in [1.82, 2.24) is 14.5 Å². The molecule has 1 aliphatic rings. The first kappa shape index (κ1) is 13.9. The molecule has 0 bridgehead atoms.